The normalized spacial score (nSPS) is 10.9. The van der Waals surface area contributed by atoms with Crippen LogP contribution in [-0.4, -0.2) is 9.97 Å². The molecule has 4 heteroatoms. The Kier molecular flexibility index (Phi) is 4.70. The van der Waals surface area contributed by atoms with Crippen molar-refractivity contribution in [2.24, 2.45) is 0 Å². The molecule has 1 aromatic heterocycles. The average Bonchev–Trinajstić information content (AvgIpc) is 2.69. The van der Waals surface area contributed by atoms with Gasteiger partial charge in [-0.1, -0.05) is 36.4 Å². The molecule has 0 radical (unpaired) electrons. The molecule has 0 aliphatic heterocycles. The lowest BCUT2D eigenvalue weighted by molar-refractivity contribution is 1.24. The molecule has 0 aliphatic rings. The first-order valence-electron chi connectivity index (χ1n) is 9.46. The lowest BCUT2D eigenvalue weighted by Crippen LogP contribution is -2.05. The van der Waals surface area contributed by atoms with E-state index in [1.807, 2.05) is 24.3 Å². The fourth-order valence-corrected chi connectivity index (χ4v) is 3.20. The van der Waals surface area contributed by atoms with Crippen LogP contribution in [-0.2, 0) is 0 Å². The van der Waals surface area contributed by atoms with Gasteiger partial charge in [-0.05, 0) is 74.2 Å². The highest BCUT2D eigenvalue weighted by molar-refractivity contribution is 5.84. The quantitative estimate of drug-likeness (QED) is 0.440. The maximum absolute atomic E-state index is 4.85. The average molecular weight is 368 g/mol. The molecule has 0 atom stereocenters. The molecule has 0 saturated heterocycles. The molecular weight excluding hydrogens is 344 g/mol. The monoisotopic (exact) mass is 368 g/mol. The van der Waals surface area contributed by atoms with Crippen molar-refractivity contribution < 1.29 is 0 Å². The third kappa shape index (κ3) is 3.41. The highest BCUT2D eigenvalue weighted by Gasteiger charge is 2.12. The molecular formula is C24H24N4. The van der Waals surface area contributed by atoms with Gasteiger partial charge in [-0.2, -0.15) is 0 Å². The van der Waals surface area contributed by atoms with Crippen molar-refractivity contribution in [2.45, 2.75) is 27.7 Å². The smallest absolute Gasteiger partial charge is 0.174 e. The number of aromatic nitrogens is 2. The molecule has 0 amide bonds. The second kappa shape index (κ2) is 7.31. The number of benzene rings is 3. The summed E-state index contributed by atoms with van der Waals surface area (Å²) < 4.78 is 0. The minimum Gasteiger partial charge on any atom is -0.337 e. The van der Waals surface area contributed by atoms with E-state index in [4.69, 9.17) is 9.97 Å². The number of para-hydroxylation sites is 2. The van der Waals surface area contributed by atoms with Crippen molar-refractivity contribution in [2.75, 3.05) is 10.6 Å². The van der Waals surface area contributed by atoms with Crippen LogP contribution in [0.1, 0.15) is 22.3 Å². The number of aryl methyl sites for hydroxylation is 2. The second-order valence-electron chi connectivity index (χ2n) is 7.15. The second-order valence-corrected chi connectivity index (χ2v) is 7.15. The molecule has 4 rings (SSSR count). The summed E-state index contributed by atoms with van der Waals surface area (Å²) in [4.78, 5) is 9.71. The van der Waals surface area contributed by atoms with Gasteiger partial charge in [0.15, 0.2) is 11.6 Å². The SMILES string of the molecule is Cc1cccc(Nc2nc3ccccc3nc2Nc2cccc(C)c2C)c1C. The maximum Gasteiger partial charge on any atom is 0.174 e. The Bertz CT molecular complexity index is 1070. The molecule has 0 fully saturated rings. The lowest BCUT2D eigenvalue weighted by atomic mass is 10.1. The molecule has 2 N–H and O–H groups in total. The summed E-state index contributed by atoms with van der Waals surface area (Å²) in [6.45, 7) is 8.46. The first kappa shape index (κ1) is 18.0. The zero-order valence-corrected chi connectivity index (χ0v) is 16.7. The minimum atomic E-state index is 0.716. The van der Waals surface area contributed by atoms with Gasteiger partial charge in [0.2, 0.25) is 0 Å². The van der Waals surface area contributed by atoms with Gasteiger partial charge in [-0.15, -0.1) is 0 Å². The number of anilines is 4. The maximum atomic E-state index is 4.85. The summed E-state index contributed by atoms with van der Waals surface area (Å²) in [6, 6.07) is 20.4. The number of hydrogen-bond donors (Lipinski definition) is 2. The van der Waals surface area contributed by atoms with E-state index in [-0.39, 0.29) is 0 Å². The predicted molar refractivity (Wildman–Crippen MR) is 118 cm³/mol. The molecule has 0 aliphatic carbocycles. The number of nitrogens with zero attached hydrogens (tertiary/aromatic N) is 2. The van der Waals surface area contributed by atoms with Gasteiger partial charge in [0.1, 0.15) is 0 Å². The van der Waals surface area contributed by atoms with E-state index in [0.29, 0.717) is 11.6 Å². The minimum absolute atomic E-state index is 0.716. The van der Waals surface area contributed by atoms with Gasteiger partial charge in [-0.25, -0.2) is 9.97 Å². The summed E-state index contributed by atoms with van der Waals surface area (Å²) in [5.74, 6) is 1.43. The summed E-state index contributed by atoms with van der Waals surface area (Å²) in [6.07, 6.45) is 0. The summed E-state index contributed by atoms with van der Waals surface area (Å²) in [5, 5.41) is 6.98. The van der Waals surface area contributed by atoms with E-state index >= 15 is 0 Å². The van der Waals surface area contributed by atoms with Crippen LogP contribution in [0.3, 0.4) is 0 Å². The van der Waals surface area contributed by atoms with E-state index in [9.17, 15) is 0 Å². The molecule has 0 unspecified atom stereocenters. The van der Waals surface area contributed by atoms with Crippen LogP contribution in [0.25, 0.3) is 11.0 Å². The standard InChI is InChI=1S/C24H24N4/c1-15-9-7-13-19(17(15)3)25-23-24(26-20-14-8-10-16(2)18(20)4)28-22-12-6-5-11-21(22)27-23/h5-14H,1-4H3,(H,25,27)(H,26,28). The van der Waals surface area contributed by atoms with Gasteiger partial charge in [0.25, 0.3) is 0 Å². The van der Waals surface area contributed by atoms with E-state index in [1.54, 1.807) is 0 Å². The van der Waals surface area contributed by atoms with E-state index < -0.39 is 0 Å². The summed E-state index contributed by atoms with van der Waals surface area (Å²) in [5.41, 5.74) is 8.68. The zero-order valence-electron chi connectivity index (χ0n) is 16.7. The van der Waals surface area contributed by atoms with E-state index in [0.717, 1.165) is 22.4 Å². The van der Waals surface area contributed by atoms with Gasteiger partial charge in [0.05, 0.1) is 11.0 Å². The van der Waals surface area contributed by atoms with Crippen molar-refractivity contribution in [3.63, 3.8) is 0 Å². The molecule has 0 saturated carbocycles. The fourth-order valence-electron chi connectivity index (χ4n) is 3.20. The Labute approximate surface area is 165 Å². The van der Waals surface area contributed by atoms with Crippen LogP contribution < -0.4 is 10.6 Å². The Morgan fingerprint density at radius 1 is 0.536 bits per heavy atom. The molecule has 0 bridgehead atoms. The molecule has 1 heterocycles. The van der Waals surface area contributed by atoms with Crippen molar-refractivity contribution in [3.8, 4) is 0 Å². The number of fused-ring (bicyclic) bond motifs is 1. The van der Waals surface area contributed by atoms with Crippen LogP contribution >= 0.6 is 0 Å². The van der Waals surface area contributed by atoms with Crippen molar-refractivity contribution in [1.82, 2.24) is 9.97 Å². The van der Waals surface area contributed by atoms with Crippen LogP contribution in [0.2, 0.25) is 0 Å². The van der Waals surface area contributed by atoms with Crippen molar-refractivity contribution >= 4 is 34.0 Å². The van der Waals surface area contributed by atoms with E-state index in [1.165, 1.54) is 22.3 Å². The molecule has 4 nitrogen and oxygen atoms in total. The lowest BCUT2D eigenvalue weighted by Gasteiger charge is -2.17. The highest BCUT2D eigenvalue weighted by atomic mass is 15.1. The summed E-state index contributed by atoms with van der Waals surface area (Å²) in [7, 11) is 0. The van der Waals surface area contributed by atoms with E-state index in [2.05, 4.69) is 74.7 Å². The third-order valence-corrected chi connectivity index (χ3v) is 5.29. The van der Waals surface area contributed by atoms with Crippen LogP contribution in [0.5, 0.6) is 0 Å². The van der Waals surface area contributed by atoms with Gasteiger partial charge >= 0.3 is 0 Å². The number of rotatable bonds is 4. The Hall–Kier alpha value is -3.40. The van der Waals surface area contributed by atoms with Crippen molar-refractivity contribution in [3.05, 3.63) is 82.9 Å². The molecule has 140 valence electrons. The zero-order chi connectivity index (χ0) is 19.7. The first-order valence-corrected chi connectivity index (χ1v) is 9.46. The van der Waals surface area contributed by atoms with Gasteiger partial charge in [-0.3, -0.25) is 0 Å². The number of nitrogens with one attached hydrogen (secondary N) is 2. The van der Waals surface area contributed by atoms with Crippen molar-refractivity contribution in [1.29, 1.82) is 0 Å². The Balaban J connectivity index is 1.82. The summed E-state index contributed by atoms with van der Waals surface area (Å²) >= 11 is 0. The molecule has 28 heavy (non-hydrogen) atoms. The third-order valence-electron chi connectivity index (χ3n) is 5.29. The predicted octanol–water partition coefficient (Wildman–Crippen LogP) is 6.35. The van der Waals surface area contributed by atoms with Gasteiger partial charge < -0.3 is 10.6 Å². The van der Waals surface area contributed by atoms with Crippen LogP contribution in [0.4, 0.5) is 23.0 Å². The number of hydrogen-bond acceptors (Lipinski definition) is 4. The Morgan fingerprint density at radius 3 is 1.39 bits per heavy atom. The largest absolute Gasteiger partial charge is 0.337 e. The topological polar surface area (TPSA) is 49.8 Å². The van der Waals surface area contributed by atoms with Gasteiger partial charge in [0, 0.05) is 11.4 Å². The fraction of sp³-hybridized carbons (Fsp3) is 0.167. The molecule has 0 spiro atoms. The molecule has 3 aromatic carbocycles. The Morgan fingerprint density at radius 2 is 0.964 bits per heavy atom. The first-order chi connectivity index (χ1) is 13.5. The molecule has 4 aromatic rings. The van der Waals surface area contributed by atoms with Crippen LogP contribution in [0.15, 0.2) is 60.7 Å². The highest BCUT2D eigenvalue weighted by Crippen LogP contribution is 2.31. The van der Waals surface area contributed by atoms with Crippen LogP contribution in [0, 0.1) is 27.7 Å².